The molecular formula is C15H15Br2NO. The van der Waals surface area contributed by atoms with Crippen molar-refractivity contribution in [2.75, 3.05) is 11.9 Å². The van der Waals surface area contributed by atoms with Crippen molar-refractivity contribution >= 4 is 37.5 Å². The highest BCUT2D eigenvalue weighted by Gasteiger charge is 2.08. The molecule has 2 aromatic carbocycles. The summed E-state index contributed by atoms with van der Waals surface area (Å²) in [5, 5.41) is 13.4. The highest BCUT2D eigenvalue weighted by Crippen LogP contribution is 2.23. The standard InChI is InChI=1S/C15H15Br2NO/c1-10-5-6-13(17)8-14(10)18-9-15(19)11-3-2-4-12(16)7-11/h2-8,15,18-19H,9H2,1H3. The number of aliphatic hydroxyl groups is 1. The second kappa shape index (κ2) is 6.55. The summed E-state index contributed by atoms with van der Waals surface area (Å²) >= 11 is 6.86. The Morgan fingerprint density at radius 1 is 1.11 bits per heavy atom. The van der Waals surface area contributed by atoms with E-state index in [4.69, 9.17) is 0 Å². The quantitative estimate of drug-likeness (QED) is 0.802. The van der Waals surface area contributed by atoms with Crippen LogP contribution >= 0.6 is 31.9 Å². The number of halogens is 2. The van der Waals surface area contributed by atoms with E-state index in [1.165, 1.54) is 0 Å². The lowest BCUT2D eigenvalue weighted by Gasteiger charge is -2.15. The molecule has 0 saturated carbocycles. The Kier molecular flexibility index (Phi) is 5.02. The molecule has 1 atom stereocenters. The van der Waals surface area contributed by atoms with E-state index in [9.17, 15) is 5.11 Å². The minimum absolute atomic E-state index is 0.480. The molecule has 2 rings (SSSR count). The molecule has 0 bridgehead atoms. The Hall–Kier alpha value is -0.840. The van der Waals surface area contributed by atoms with E-state index in [-0.39, 0.29) is 0 Å². The summed E-state index contributed by atoms with van der Waals surface area (Å²) < 4.78 is 2.00. The molecule has 0 aromatic heterocycles. The van der Waals surface area contributed by atoms with Gasteiger partial charge in [0.1, 0.15) is 0 Å². The van der Waals surface area contributed by atoms with Gasteiger partial charge in [-0.05, 0) is 42.3 Å². The number of benzene rings is 2. The SMILES string of the molecule is Cc1ccc(Br)cc1NCC(O)c1cccc(Br)c1. The van der Waals surface area contributed by atoms with Gasteiger partial charge in [-0.3, -0.25) is 0 Å². The van der Waals surface area contributed by atoms with Crippen molar-refractivity contribution in [2.24, 2.45) is 0 Å². The van der Waals surface area contributed by atoms with Crippen molar-refractivity contribution in [2.45, 2.75) is 13.0 Å². The van der Waals surface area contributed by atoms with Gasteiger partial charge in [-0.25, -0.2) is 0 Å². The number of aliphatic hydroxyl groups excluding tert-OH is 1. The normalized spacial score (nSPS) is 12.2. The van der Waals surface area contributed by atoms with E-state index in [1.54, 1.807) is 0 Å². The largest absolute Gasteiger partial charge is 0.387 e. The fourth-order valence-corrected chi connectivity index (χ4v) is 2.60. The van der Waals surface area contributed by atoms with Crippen molar-refractivity contribution in [1.29, 1.82) is 0 Å². The maximum atomic E-state index is 10.2. The lowest BCUT2D eigenvalue weighted by molar-refractivity contribution is 0.191. The van der Waals surface area contributed by atoms with Crippen LogP contribution in [0, 0.1) is 6.92 Å². The van der Waals surface area contributed by atoms with Crippen LogP contribution in [0.1, 0.15) is 17.2 Å². The predicted molar refractivity (Wildman–Crippen MR) is 86.5 cm³/mol. The summed E-state index contributed by atoms with van der Waals surface area (Å²) in [7, 11) is 0. The summed E-state index contributed by atoms with van der Waals surface area (Å²) in [6.45, 7) is 2.52. The number of anilines is 1. The third-order valence-electron chi connectivity index (χ3n) is 2.92. The van der Waals surface area contributed by atoms with E-state index >= 15 is 0 Å². The Bertz CT molecular complexity index is 572. The Morgan fingerprint density at radius 2 is 1.84 bits per heavy atom. The molecule has 2 aromatic rings. The van der Waals surface area contributed by atoms with Crippen LogP contribution in [0.3, 0.4) is 0 Å². The lowest BCUT2D eigenvalue weighted by Crippen LogP contribution is -2.12. The van der Waals surface area contributed by atoms with Gasteiger partial charge in [0.2, 0.25) is 0 Å². The molecule has 0 heterocycles. The topological polar surface area (TPSA) is 32.3 Å². The highest BCUT2D eigenvalue weighted by atomic mass is 79.9. The van der Waals surface area contributed by atoms with Crippen molar-refractivity contribution in [3.05, 3.63) is 62.5 Å². The van der Waals surface area contributed by atoms with Crippen LogP contribution in [0.15, 0.2) is 51.4 Å². The van der Waals surface area contributed by atoms with Crippen LogP contribution in [-0.2, 0) is 0 Å². The predicted octanol–water partition coefficient (Wildman–Crippen LogP) is 4.67. The van der Waals surface area contributed by atoms with Gasteiger partial charge in [-0.1, -0.05) is 50.1 Å². The average Bonchev–Trinajstić information content (AvgIpc) is 2.39. The van der Waals surface area contributed by atoms with Crippen molar-refractivity contribution in [3.8, 4) is 0 Å². The number of aryl methyl sites for hydroxylation is 1. The summed E-state index contributed by atoms with van der Waals surface area (Å²) in [5.41, 5.74) is 3.09. The average molecular weight is 385 g/mol. The van der Waals surface area contributed by atoms with Crippen LogP contribution in [0.2, 0.25) is 0 Å². The molecule has 0 amide bonds. The Labute approximate surface area is 130 Å². The molecule has 4 heteroatoms. The van der Waals surface area contributed by atoms with E-state index in [1.807, 2.05) is 49.4 Å². The molecule has 19 heavy (non-hydrogen) atoms. The van der Waals surface area contributed by atoms with Crippen LogP contribution in [-0.4, -0.2) is 11.7 Å². The molecule has 0 aliphatic rings. The van der Waals surface area contributed by atoms with Gasteiger partial charge in [-0.15, -0.1) is 0 Å². The molecule has 0 aliphatic heterocycles. The van der Waals surface area contributed by atoms with E-state index in [0.717, 1.165) is 25.8 Å². The molecular weight excluding hydrogens is 370 g/mol. The van der Waals surface area contributed by atoms with Crippen molar-refractivity contribution in [1.82, 2.24) is 0 Å². The third kappa shape index (κ3) is 4.06. The molecule has 0 fully saturated rings. The number of rotatable bonds is 4. The third-order valence-corrected chi connectivity index (χ3v) is 3.91. The first-order chi connectivity index (χ1) is 9.06. The zero-order chi connectivity index (χ0) is 13.8. The number of hydrogen-bond acceptors (Lipinski definition) is 2. The van der Waals surface area contributed by atoms with E-state index in [0.29, 0.717) is 6.54 Å². The van der Waals surface area contributed by atoms with Crippen LogP contribution < -0.4 is 5.32 Å². The maximum Gasteiger partial charge on any atom is 0.0962 e. The highest BCUT2D eigenvalue weighted by molar-refractivity contribution is 9.10. The van der Waals surface area contributed by atoms with Gasteiger partial charge >= 0.3 is 0 Å². The molecule has 0 radical (unpaired) electrons. The Balaban J connectivity index is 2.04. The molecule has 0 aliphatic carbocycles. The first-order valence-corrected chi connectivity index (χ1v) is 7.58. The summed E-state index contributed by atoms with van der Waals surface area (Å²) in [6, 6.07) is 13.8. The van der Waals surface area contributed by atoms with E-state index in [2.05, 4.69) is 37.2 Å². The molecule has 0 saturated heterocycles. The second-order valence-corrected chi connectivity index (χ2v) is 6.24. The van der Waals surface area contributed by atoms with Crippen molar-refractivity contribution in [3.63, 3.8) is 0 Å². The molecule has 100 valence electrons. The number of hydrogen-bond donors (Lipinski definition) is 2. The van der Waals surface area contributed by atoms with Gasteiger partial charge in [0.05, 0.1) is 6.10 Å². The molecule has 2 N–H and O–H groups in total. The van der Waals surface area contributed by atoms with Crippen LogP contribution in [0.4, 0.5) is 5.69 Å². The van der Waals surface area contributed by atoms with Gasteiger partial charge < -0.3 is 10.4 Å². The fraction of sp³-hybridized carbons (Fsp3) is 0.200. The zero-order valence-corrected chi connectivity index (χ0v) is 13.7. The smallest absolute Gasteiger partial charge is 0.0962 e. The van der Waals surface area contributed by atoms with Gasteiger partial charge in [0.15, 0.2) is 0 Å². The number of nitrogens with one attached hydrogen (secondary N) is 1. The first kappa shape index (κ1) is 14.6. The maximum absolute atomic E-state index is 10.2. The van der Waals surface area contributed by atoms with E-state index < -0.39 is 6.10 Å². The van der Waals surface area contributed by atoms with Crippen molar-refractivity contribution < 1.29 is 5.11 Å². The van der Waals surface area contributed by atoms with Gasteiger partial charge in [0, 0.05) is 21.2 Å². The Morgan fingerprint density at radius 3 is 2.58 bits per heavy atom. The lowest BCUT2D eigenvalue weighted by atomic mass is 10.1. The first-order valence-electron chi connectivity index (χ1n) is 6.00. The van der Waals surface area contributed by atoms with Crippen LogP contribution in [0.25, 0.3) is 0 Å². The molecule has 0 spiro atoms. The minimum Gasteiger partial charge on any atom is -0.387 e. The fourth-order valence-electron chi connectivity index (χ4n) is 1.82. The molecule has 2 nitrogen and oxygen atoms in total. The second-order valence-electron chi connectivity index (χ2n) is 4.41. The van der Waals surface area contributed by atoms with Gasteiger partial charge in [-0.2, -0.15) is 0 Å². The van der Waals surface area contributed by atoms with Crippen LogP contribution in [0.5, 0.6) is 0 Å². The van der Waals surface area contributed by atoms with Gasteiger partial charge in [0.25, 0.3) is 0 Å². The summed E-state index contributed by atoms with van der Waals surface area (Å²) in [5.74, 6) is 0. The monoisotopic (exact) mass is 383 g/mol. The summed E-state index contributed by atoms with van der Waals surface area (Å²) in [6.07, 6.45) is -0.532. The molecule has 1 unspecified atom stereocenters. The zero-order valence-electron chi connectivity index (χ0n) is 10.5. The summed E-state index contributed by atoms with van der Waals surface area (Å²) in [4.78, 5) is 0. The minimum atomic E-state index is -0.532.